The normalized spacial score (nSPS) is 11.2. The number of allylic oxidation sites excluding steroid dienone is 3. The maximum atomic E-state index is 12.1. The van der Waals surface area contributed by atoms with Crippen LogP contribution in [0, 0.1) is 0 Å². The summed E-state index contributed by atoms with van der Waals surface area (Å²) in [5, 5.41) is 0. The maximum absolute atomic E-state index is 12.1. The number of nitrogens with zero attached hydrogens (tertiary/aromatic N) is 1. The van der Waals surface area contributed by atoms with E-state index in [2.05, 4.69) is 6.58 Å². The minimum absolute atomic E-state index is 0.0242. The molecule has 0 N–H and O–H groups in total. The van der Waals surface area contributed by atoms with Crippen molar-refractivity contribution in [3.8, 4) is 5.75 Å². The Labute approximate surface area is 159 Å². The van der Waals surface area contributed by atoms with Gasteiger partial charge in [-0.15, -0.1) is 0 Å². The van der Waals surface area contributed by atoms with Gasteiger partial charge in [-0.1, -0.05) is 36.4 Å². The first-order chi connectivity index (χ1) is 12.7. The highest BCUT2D eigenvalue weighted by Crippen LogP contribution is 2.15. The van der Waals surface area contributed by atoms with E-state index in [0.717, 1.165) is 5.57 Å². The van der Waals surface area contributed by atoms with Crippen molar-refractivity contribution in [2.75, 3.05) is 20.7 Å². The van der Waals surface area contributed by atoms with Crippen molar-refractivity contribution in [1.29, 1.82) is 0 Å². The van der Waals surface area contributed by atoms with Crippen molar-refractivity contribution in [1.82, 2.24) is 4.90 Å². The summed E-state index contributed by atoms with van der Waals surface area (Å²) in [6, 6.07) is 6.52. The molecule has 1 rings (SSSR count). The molecule has 0 fully saturated rings. The van der Waals surface area contributed by atoms with Crippen molar-refractivity contribution in [3.05, 3.63) is 65.8 Å². The largest absolute Gasteiger partial charge is 0.455 e. The topological polar surface area (TPSA) is 72.9 Å². The first-order valence-electron chi connectivity index (χ1n) is 8.39. The molecule has 0 aliphatic rings. The second-order valence-corrected chi connectivity index (χ2v) is 6.08. The van der Waals surface area contributed by atoms with E-state index in [1.165, 1.54) is 4.90 Å². The van der Waals surface area contributed by atoms with Crippen molar-refractivity contribution in [2.24, 2.45) is 0 Å². The predicted octanol–water partition coefficient (Wildman–Crippen LogP) is 2.84. The summed E-state index contributed by atoms with van der Waals surface area (Å²) in [5.41, 5.74) is 1.92. The Morgan fingerprint density at radius 2 is 1.74 bits per heavy atom. The average molecular weight is 371 g/mol. The predicted molar refractivity (Wildman–Crippen MR) is 103 cm³/mol. The highest BCUT2D eigenvalue weighted by atomic mass is 16.5. The van der Waals surface area contributed by atoms with Crippen molar-refractivity contribution in [2.45, 2.75) is 20.3 Å². The van der Waals surface area contributed by atoms with Crippen LogP contribution >= 0.6 is 0 Å². The van der Waals surface area contributed by atoms with Crippen LogP contribution in [-0.4, -0.2) is 43.4 Å². The number of likely N-dealkylation sites (N-methyl/N-ethyl adjacent to an activating group) is 1. The number of hydrogen-bond donors (Lipinski definition) is 0. The number of carbonyl (C=O) groups is 3. The smallest absolute Gasteiger partial charge is 0.343 e. The second kappa shape index (κ2) is 10.8. The standard InChI is InChI=1S/C21H25NO5/c1-6-17(10-7-15(2)3)21(25)27-18-11-8-16(9-12-18)13-20(24)26-14-19(23)22(4)5/h6-12H,2,13-14H2,1,3-5H3. The van der Waals surface area contributed by atoms with Gasteiger partial charge in [-0.2, -0.15) is 0 Å². The van der Waals surface area contributed by atoms with E-state index in [9.17, 15) is 14.4 Å². The summed E-state index contributed by atoms with van der Waals surface area (Å²) < 4.78 is 10.2. The van der Waals surface area contributed by atoms with Crippen LogP contribution < -0.4 is 4.74 Å². The minimum atomic E-state index is -0.504. The lowest BCUT2D eigenvalue weighted by atomic mass is 10.1. The summed E-state index contributed by atoms with van der Waals surface area (Å²) in [5.74, 6) is -0.908. The number of carbonyl (C=O) groups excluding carboxylic acids is 3. The Hall–Kier alpha value is -3.15. The van der Waals surface area contributed by atoms with Gasteiger partial charge >= 0.3 is 11.9 Å². The van der Waals surface area contributed by atoms with Crippen LogP contribution in [0.2, 0.25) is 0 Å². The molecule has 1 amide bonds. The Bertz CT molecular complexity index is 757. The Morgan fingerprint density at radius 3 is 2.26 bits per heavy atom. The highest BCUT2D eigenvalue weighted by molar-refractivity contribution is 5.93. The van der Waals surface area contributed by atoms with Crippen LogP contribution in [0.4, 0.5) is 0 Å². The van der Waals surface area contributed by atoms with Crippen LogP contribution in [-0.2, 0) is 25.5 Å². The third-order valence-corrected chi connectivity index (χ3v) is 3.43. The van der Waals surface area contributed by atoms with Gasteiger partial charge in [0.05, 0.1) is 12.0 Å². The SMILES string of the molecule is C=C(C)C=CC(=CC)C(=O)Oc1ccc(CC(=O)OCC(=O)N(C)C)cc1. The molecule has 0 aromatic heterocycles. The Kier molecular flexibility index (Phi) is 8.72. The third-order valence-electron chi connectivity index (χ3n) is 3.43. The monoisotopic (exact) mass is 371 g/mol. The fourth-order valence-corrected chi connectivity index (χ4v) is 1.84. The van der Waals surface area contributed by atoms with Crippen LogP contribution in [0.1, 0.15) is 19.4 Å². The molecule has 0 unspecified atom stereocenters. The van der Waals surface area contributed by atoms with Crippen LogP contribution in [0.5, 0.6) is 5.75 Å². The lowest BCUT2D eigenvalue weighted by Gasteiger charge is -2.10. The first kappa shape index (κ1) is 21.9. The van der Waals surface area contributed by atoms with Gasteiger partial charge in [0.15, 0.2) is 6.61 Å². The zero-order valence-electron chi connectivity index (χ0n) is 16.2. The number of esters is 2. The van der Waals surface area contributed by atoms with E-state index in [0.29, 0.717) is 16.9 Å². The fraction of sp³-hybridized carbons (Fsp3) is 0.286. The second-order valence-electron chi connectivity index (χ2n) is 6.08. The average Bonchev–Trinajstić information content (AvgIpc) is 2.61. The van der Waals surface area contributed by atoms with Crippen molar-refractivity contribution < 1.29 is 23.9 Å². The molecule has 0 bridgehead atoms. The Balaban J connectivity index is 2.61. The molecule has 0 saturated heterocycles. The summed E-state index contributed by atoms with van der Waals surface area (Å²) in [4.78, 5) is 36.6. The molecule has 144 valence electrons. The van der Waals surface area contributed by atoms with Crippen LogP contribution in [0.3, 0.4) is 0 Å². The minimum Gasteiger partial charge on any atom is -0.455 e. The van der Waals surface area contributed by atoms with Gasteiger partial charge in [0.2, 0.25) is 0 Å². The third kappa shape index (κ3) is 8.18. The molecule has 0 radical (unpaired) electrons. The molecular weight excluding hydrogens is 346 g/mol. The van der Waals surface area contributed by atoms with E-state index >= 15 is 0 Å². The lowest BCUT2D eigenvalue weighted by Crippen LogP contribution is -2.27. The molecule has 0 spiro atoms. The van der Waals surface area contributed by atoms with Gasteiger partial charge in [-0.3, -0.25) is 9.59 Å². The van der Waals surface area contributed by atoms with Crippen LogP contribution in [0.15, 0.2) is 60.2 Å². The quantitative estimate of drug-likeness (QED) is 0.304. The highest BCUT2D eigenvalue weighted by Gasteiger charge is 2.11. The molecular formula is C21H25NO5. The molecule has 0 heterocycles. The number of ether oxygens (including phenoxy) is 2. The van der Waals surface area contributed by atoms with E-state index in [-0.39, 0.29) is 18.9 Å². The van der Waals surface area contributed by atoms with Gasteiger partial charge in [-0.25, -0.2) is 4.79 Å². The van der Waals surface area contributed by atoms with E-state index in [1.807, 2.05) is 6.92 Å². The van der Waals surface area contributed by atoms with Gasteiger partial charge in [0.25, 0.3) is 5.91 Å². The van der Waals surface area contributed by atoms with Gasteiger partial charge < -0.3 is 14.4 Å². The van der Waals surface area contributed by atoms with Gasteiger partial charge in [0, 0.05) is 14.1 Å². The summed E-state index contributed by atoms with van der Waals surface area (Å²) in [6.45, 7) is 7.03. The van der Waals surface area contributed by atoms with E-state index in [4.69, 9.17) is 9.47 Å². The van der Waals surface area contributed by atoms with E-state index < -0.39 is 11.9 Å². The molecule has 1 aromatic carbocycles. The molecule has 0 aliphatic carbocycles. The maximum Gasteiger partial charge on any atom is 0.343 e. The number of hydrogen-bond acceptors (Lipinski definition) is 5. The first-order valence-corrected chi connectivity index (χ1v) is 8.39. The zero-order valence-corrected chi connectivity index (χ0v) is 16.2. The molecule has 6 nitrogen and oxygen atoms in total. The van der Waals surface area contributed by atoms with Gasteiger partial charge in [0.1, 0.15) is 5.75 Å². The molecule has 27 heavy (non-hydrogen) atoms. The fourth-order valence-electron chi connectivity index (χ4n) is 1.84. The van der Waals surface area contributed by atoms with Crippen molar-refractivity contribution in [3.63, 3.8) is 0 Å². The Morgan fingerprint density at radius 1 is 1.11 bits per heavy atom. The van der Waals surface area contributed by atoms with E-state index in [1.54, 1.807) is 63.5 Å². The summed E-state index contributed by atoms with van der Waals surface area (Å²) in [7, 11) is 3.17. The van der Waals surface area contributed by atoms with Crippen molar-refractivity contribution >= 4 is 17.8 Å². The van der Waals surface area contributed by atoms with Gasteiger partial charge in [-0.05, 0) is 37.6 Å². The van der Waals surface area contributed by atoms with Crippen LogP contribution in [0.25, 0.3) is 0 Å². The molecule has 0 aliphatic heterocycles. The molecule has 6 heteroatoms. The number of amides is 1. The number of benzene rings is 1. The molecule has 0 atom stereocenters. The summed E-state index contributed by atoms with van der Waals surface area (Å²) in [6.07, 6.45) is 5.05. The lowest BCUT2D eigenvalue weighted by molar-refractivity contribution is -0.150. The number of rotatable bonds is 8. The molecule has 1 aromatic rings. The molecule has 0 saturated carbocycles. The summed E-state index contributed by atoms with van der Waals surface area (Å²) >= 11 is 0. The zero-order chi connectivity index (χ0) is 20.4.